The summed E-state index contributed by atoms with van der Waals surface area (Å²) in [5.74, 6) is 0. The molecule has 0 spiro atoms. The zero-order valence-electron chi connectivity index (χ0n) is 6.92. The highest BCUT2D eigenvalue weighted by Gasteiger charge is 2.08. The van der Waals surface area contributed by atoms with Crippen LogP contribution in [0.3, 0.4) is 0 Å². The highest BCUT2D eigenvalue weighted by molar-refractivity contribution is 7.90. The Balaban J connectivity index is 3.09. The summed E-state index contributed by atoms with van der Waals surface area (Å²) >= 11 is -0.911. The summed E-state index contributed by atoms with van der Waals surface area (Å²) in [4.78, 5) is 5.03. The molecule has 60 valence electrons. The van der Waals surface area contributed by atoms with E-state index in [4.69, 9.17) is 0 Å². The van der Waals surface area contributed by atoms with E-state index in [1.807, 2.05) is 26.0 Å². The summed E-state index contributed by atoms with van der Waals surface area (Å²) in [5, 5.41) is 0. The van der Waals surface area contributed by atoms with Crippen molar-refractivity contribution in [2.24, 2.45) is 0 Å². The van der Waals surface area contributed by atoms with E-state index >= 15 is 0 Å². The third-order valence-corrected chi connectivity index (χ3v) is 2.54. The lowest BCUT2D eigenvalue weighted by Gasteiger charge is -2.06. The van der Waals surface area contributed by atoms with Crippen LogP contribution in [0.2, 0.25) is 0 Å². The topological polar surface area (TPSA) is 36.0 Å². The minimum atomic E-state index is -0.911. The number of aryl methyl sites for hydroxylation is 2. The molecule has 3 heteroatoms. The van der Waals surface area contributed by atoms with Crippen molar-refractivity contribution in [3.63, 3.8) is 0 Å². The first kappa shape index (κ1) is 8.56. The maximum Gasteiger partial charge on any atom is 0.173 e. The van der Waals surface area contributed by atoms with Crippen molar-refractivity contribution >= 4 is 11.2 Å². The number of hydrogen-bond donors (Lipinski definition) is 0. The predicted molar refractivity (Wildman–Crippen MR) is 46.0 cm³/mol. The molecule has 1 aromatic heterocycles. The maximum atomic E-state index is 11.0. The van der Waals surface area contributed by atoms with E-state index in [0.717, 1.165) is 16.3 Å². The number of nitrogens with zero attached hydrogens (tertiary/aromatic N) is 1. The Morgan fingerprint density at radius 2 is 2.00 bits per heavy atom. The molecule has 1 unspecified atom stereocenters. The Hall–Kier alpha value is -0.540. The lowest BCUT2D eigenvalue weighted by atomic mass is 10.3. The van der Waals surface area contributed by atoms with Gasteiger partial charge in [0.25, 0.3) is 0 Å². The van der Waals surface area contributed by atoms with Gasteiger partial charge in [-0.2, -0.15) is 0 Å². The van der Waals surface area contributed by atoms with Crippen LogP contribution in [0.25, 0.3) is 0 Å². The number of pyridine rings is 1. The SMILES string of the molecule is Cc1ccc([S+](C)[O-])c(C)n1. The standard InChI is InChI=1S/C8H11NOS/c1-6-4-5-8(11(3)10)7(2)9-6/h4-5H,1-3H3. The summed E-state index contributed by atoms with van der Waals surface area (Å²) < 4.78 is 11.0. The quantitative estimate of drug-likeness (QED) is 0.596. The molecule has 0 aromatic carbocycles. The fourth-order valence-corrected chi connectivity index (χ4v) is 1.70. The minimum Gasteiger partial charge on any atom is -0.612 e. The summed E-state index contributed by atoms with van der Waals surface area (Å²) in [6, 6.07) is 3.75. The Morgan fingerprint density at radius 1 is 1.36 bits per heavy atom. The van der Waals surface area contributed by atoms with Crippen LogP contribution in [0.1, 0.15) is 11.4 Å². The van der Waals surface area contributed by atoms with Gasteiger partial charge in [-0.3, -0.25) is 4.98 Å². The van der Waals surface area contributed by atoms with Gasteiger partial charge in [-0.05, 0) is 37.2 Å². The molecule has 0 bridgehead atoms. The van der Waals surface area contributed by atoms with E-state index in [0.29, 0.717) is 0 Å². The zero-order chi connectivity index (χ0) is 8.43. The van der Waals surface area contributed by atoms with Crippen LogP contribution >= 0.6 is 0 Å². The zero-order valence-corrected chi connectivity index (χ0v) is 7.73. The summed E-state index contributed by atoms with van der Waals surface area (Å²) in [6.07, 6.45) is 1.67. The number of rotatable bonds is 1. The molecule has 0 saturated carbocycles. The largest absolute Gasteiger partial charge is 0.612 e. The van der Waals surface area contributed by atoms with Gasteiger partial charge in [0.15, 0.2) is 4.90 Å². The molecular weight excluding hydrogens is 158 g/mol. The molecule has 1 aromatic rings. The third-order valence-electron chi connectivity index (χ3n) is 1.49. The van der Waals surface area contributed by atoms with Crippen molar-refractivity contribution in [3.8, 4) is 0 Å². The minimum absolute atomic E-state index is 0.829. The number of aromatic nitrogens is 1. The van der Waals surface area contributed by atoms with E-state index in [1.54, 1.807) is 6.26 Å². The van der Waals surface area contributed by atoms with Gasteiger partial charge in [0.1, 0.15) is 6.26 Å². The van der Waals surface area contributed by atoms with E-state index in [2.05, 4.69) is 4.98 Å². The molecule has 1 rings (SSSR count). The van der Waals surface area contributed by atoms with E-state index in [1.165, 1.54) is 0 Å². The fraction of sp³-hybridized carbons (Fsp3) is 0.375. The first-order valence-corrected chi connectivity index (χ1v) is 4.95. The average Bonchev–Trinajstić information content (AvgIpc) is 1.85. The van der Waals surface area contributed by atoms with Gasteiger partial charge >= 0.3 is 0 Å². The number of hydrogen-bond acceptors (Lipinski definition) is 2. The molecule has 1 heterocycles. The Labute approximate surface area is 69.8 Å². The van der Waals surface area contributed by atoms with Gasteiger partial charge in [-0.25, -0.2) is 0 Å². The Bertz CT molecular complexity index is 260. The van der Waals surface area contributed by atoms with Crippen LogP contribution in [0.5, 0.6) is 0 Å². The maximum absolute atomic E-state index is 11.0. The molecule has 0 radical (unpaired) electrons. The lowest BCUT2D eigenvalue weighted by molar-refractivity contribution is 0.599. The normalized spacial score (nSPS) is 13.1. The Kier molecular flexibility index (Phi) is 2.52. The van der Waals surface area contributed by atoms with Gasteiger partial charge < -0.3 is 4.55 Å². The molecular formula is C8H11NOS. The average molecular weight is 169 g/mol. The molecule has 0 aliphatic rings. The molecule has 0 aliphatic heterocycles. The summed E-state index contributed by atoms with van der Waals surface area (Å²) in [7, 11) is 0. The molecule has 1 atom stereocenters. The van der Waals surface area contributed by atoms with Crippen LogP contribution in [-0.2, 0) is 11.2 Å². The van der Waals surface area contributed by atoms with Crippen LogP contribution in [0, 0.1) is 13.8 Å². The first-order valence-electron chi connectivity index (χ1n) is 3.39. The van der Waals surface area contributed by atoms with Crippen molar-refractivity contribution in [1.82, 2.24) is 4.98 Å². The van der Waals surface area contributed by atoms with Gasteiger partial charge in [0, 0.05) is 5.69 Å². The van der Waals surface area contributed by atoms with Gasteiger partial charge in [-0.1, -0.05) is 0 Å². The van der Waals surface area contributed by atoms with Crippen molar-refractivity contribution in [3.05, 3.63) is 23.5 Å². The van der Waals surface area contributed by atoms with Crippen LogP contribution in [0.15, 0.2) is 17.0 Å². The van der Waals surface area contributed by atoms with Gasteiger partial charge in [0.05, 0.1) is 5.69 Å². The third kappa shape index (κ3) is 1.94. The second-order valence-electron chi connectivity index (χ2n) is 2.49. The van der Waals surface area contributed by atoms with E-state index < -0.39 is 11.2 Å². The van der Waals surface area contributed by atoms with E-state index in [9.17, 15) is 4.55 Å². The van der Waals surface area contributed by atoms with Crippen LogP contribution in [-0.4, -0.2) is 15.8 Å². The second kappa shape index (κ2) is 3.24. The van der Waals surface area contributed by atoms with Gasteiger partial charge in [-0.15, -0.1) is 0 Å². The molecule has 0 N–H and O–H groups in total. The Morgan fingerprint density at radius 3 is 2.45 bits per heavy atom. The predicted octanol–water partition coefficient (Wildman–Crippen LogP) is 1.44. The first-order chi connectivity index (χ1) is 5.11. The van der Waals surface area contributed by atoms with Crippen molar-refractivity contribution in [2.75, 3.05) is 6.26 Å². The summed E-state index contributed by atoms with van der Waals surface area (Å²) in [6.45, 7) is 3.80. The molecule has 0 aliphatic carbocycles. The van der Waals surface area contributed by atoms with Gasteiger partial charge in [0.2, 0.25) is 0 Å². The highest BCUT2D eigenvalue weighted by Crippen LogP contribution is 2.12. The molecule has 2 nitrogen and oxygen atoms in total. The molecule has 11 heavy (non-hydrogen) atoms. The molecule has 0 fully saturated rings. The molecule has 0 saturated heterocycles. The smallest absolute Gasteiger partial charge is 0.173 e. The van der Waals surface area contributed by atoms with Crippen LogP contribution < -0.4 is 0 Å². The van der Waals surface area contributed by atoms with Crippen LogP contribution in [0.4, 0.5) is 0 Å². The lowest BCUT2D eigenvalue weighted by Crippen LogP contribution is -2.02. The summed E-state index contributed by atoms with van der Waals surface area (Å²) in [5.41, 5.74) is 1.84. The monoisotopic (exact) mass is 169 g/mol. The van der Waals surface area contributed by atoms with E-state index in [-0.39, 0.29) is 0 Å². The molecule has 0 amide bonds. The second-order valence-corrected chi connectivity index (χ2v) is 3.84. The van der Waals surface area contributed by atoms with Crippen molar-refractivity contribution in [1.29, 1.82) is 0 Å². The highest BCUT2D eigenvalue weighted by atomic mass is 32.2. The fourth-order valence-electron chi connectivity index (χ4n) is 0.978. The van der Waals surface area contributed by atoms with Crippen molar-refractivity contribution < 1.29 is 4.55 Å². The van der Waals surface area contributed by atoms with Crippen molar-refractivity contribution in [2.45, 2.75) is 18.7 Å².